The maximum atomic E-state index is 13.6. The van der Waals surface area contributed by atoms with Gasteiger partial charge in [-0.05, 0) is 43.1 Å². The molecule has 1 aromatic carbocycles. The van der Waals surface area contributed by atoms with Gasteiger partial charge in [-0.1, -0.05) is 22.9 Å². The maximum absolute atomic E-state index is 13.6. The summed E-state index contributed by atoms with van der Waals surface area (Å²) in [5.41, 5.74) is -0.630. The van der Waals surface area contributed by atoms with Crippen LogP contribution in [-0.4, -0.2) is 5.24 Å². The van der Waals surface area contributed by atoms with Crippen LogP contribution < -0.4 is 0 Å². The number of halogens is 3. The summed E-state index contributed by atoms with van der Waals surface area (Å²) in [6.07, 6.45) is 0.461. The molecule has 1 rings (SSSR count). The van der Waals surface area contributed by atoms with E-state index in [9.17, 15) is 9.18 Å². The van der Waals surface area contributed by atoms with Crippen LogP contribution in [0.1, 0.15) is 25.8 Å². The van der Waals surface area contributed by atoms with Gasteiger partial charge in [-0.3, -0.25) is 4.79 Å². The van der Waals surface area contributed by atoms with E-state index in [1.165, 1.54) is 6.07 Å². The lowest BCUT2D eigenvalue weighted by atomic mass is 9.81. The number of hydrogen-bond donors (Lipinski definition) is 0. The Balaban J connectivity index is 3.35. The van der Waals surface area contributed by atoms with Gasteiger partial charge in [0.2, 0.25) is 5.24 Å². The number of carbonyl (C=O) groups excluding carboxylic acids is 1. The van der Waals surface area contributed by atoms with Gasteiger partial charge in [0.15, 0.2) is 0 Å². The van der Waals surface area contributed by atoms with E-state index in [2.05, 4.69) is 15.9 Å². The van der Waals surface area contributed by atoms with Crippen LogP contribution in [0.15, 0.2) is 22.7 Å². The second kappa shape index (κ2) is 4.62. The molecule has 4 heteroatoms. The molecule has 0 radical (unpaired) electrons. The molecule has 0 aliphatic rings. The van der Waals surface area contributed by atoms with E-state index in [0.717, 1.165) is 4.47 Å². The van der Waals surface area contributed by atoms with Gasteiger partial charge in [0.1, 0.15) is 5.82 Å². The Morgan fingerprint density at radius 1 is 1.60 bits per heavy atom. The molecule has 82 valence electrons. The van der Waals surface area contributed by atoms with Crippen molar-refractivity contribution in [2.45, 2.75) is 25.7 Å². The highest BCUT2D eigenvalue weighted by molar-refractivity contribution is 9.10. The Labute approximate surface area is 102 Å². The van der Waals surface area contributed by atoms with Crippen LogP contribution in [0.2, 0.25) is 0 Å². The first-order valence-corrected chi connectivity index (χ1v) is 5.74. The molecule has 0 amide bonds. The Morgan fingerprint density at radius 2 is 2.20 bits per heavy atom. The van der Waals surface area contributed by atoms with Gasteiger partial charge < -0.3 is 0 Å². The largest absolute Gasteiger partial charge is 0.280 e. The summed E-state index contributed by atoms with van der Waals surface area (Å²) >= 11 is 8.77. The second-order valence-corrected chi connectivity index (χ2v) is 4.84. The molecule has 0 aromatic heterocycles. The van der Waals surface area contributed by atoms with Gasteiger partial charge in [-0.2, -0.15) is 0 Å². The van der Waals surface area contributed by atoms with Crippen LogP contribution in [0.25, 0.3) is 0 Å². The summed E-state index contributed by atoms with van der Waals surface area (Å²) < 4.78 is 14.3. The molecule has 0 saturated carbocycles. The second-order valence-electron chi connectivity index (χ2n) is 3.58. The van der Waals surface area contributed by atoms with Gasteiger partial charge in [0.05, 0.1) is 5.41 Å². The zero-order chi connectivity index (χ0) is 11.6. The van der Waals surface area contributed by atoms with Crippen LogP contribution in [0.3, 0.4) is 0 Å². The van der Waals surface area contributed by atoms with Gasteiger partial charge in [0, 0.05) is 10.0 Å². The molecular formula is C11H11BrClFO. The first-order chi connectivity index (χ1) is 6.91. The molecule has 0 heterocycles. The van der Waals surface area contributed by atoms with E-state index in [1.54, 1.807) is 26.0 Å². The zero-order valence-electron chi connectivity index (χ0n) is 8.48. The number of carbonyl (C=O) groups is 1. The minimum Gasteiger partial charge on any atom is -0.280 e. The van der Waals surface area contributed by atoms with Gasteiger partial charge in [-0.15, -0.1) is 0 Å². The highest BCUT2D eigenvalue weighted by Gasteiger charge is 2.34. The average Bonchev–Trinajstić information content (AvgIpc) is 2.20. The molecule has 15 heavy (non-hydrogen) atoms. The summed E-state index contributed by atoms with van der Waals surface area (Å²) in [6.45, 7) is 3.45. The fourth-order valence-corrected chi connectivity index (χ4v) is 1.95. The fourth-order valence-electron chi connectivity index (χ4n) is 1.36. The molecule has 0 spiro atoms. The van der Waals surface area contributed by atoms with Crippen molar-refractivity contribution in [2.75, 3.05) is 0 Å². The quantitative estimate of drug-likeness (QED) is 0.769. The van der Waals surface area contributed by atoms with Crippen molar-refractivity contribution >= 4 is 32.8 Å². The van der Waals surface area contributed by atoms with Crippen molar-refractivity contribution in [2.24, 2.45) is 0 Å². The Hall–Kier alpha value is -0.410. The number of benzene rings is 1. The summed E-state index contributed by atoms with van der Waals surface area (Å²) in [7, 11) is 0. The van der Waals surface area contributed by atoms with E-state index < -0.39 is 16.5 Å². The van der Waals surface area contributed by atoms with Crippen molar-refractivity contribution in [3.05, 3.63) is 34.1 Å². The van der Waals surface area contributed by atoms with Crippen LogP contribution in [-0.2, 0) is 10.2 Å². The lowest BCUT2D eigenvalue weighted by Crippen LogP contribution is -2.29. The van der Waals surface area contributed by atoms with Crippen molar-refractivity contribution in [1.82, 2.24) is 0 Å². The molecule has 0 bridgehead atoms. The first kappa shape index (κ1) is 12.7. The van der Waals surface area contributed by atoms with Crippen molar-refractivity contribution in [1.29, 1.82) is 0 Å². The van der Waals surface area contributed by atoms with E-state index in [1.807, 2.05) is 0 Å². The standard InChI is InChI=1S/C11H11BrClFO/c1-3-11(2,10(13)15)8-6-7(12)4-5-9(8)14/h4-6H,3H2,1-2H3. The number of hydrogen-bond acceptors (Lipinski definition) is 1. The predicted octanol–water partition coefficient (Wildman–Crippen LogP) is 4.02. The summed E-state index contributed by atoms with van der Waals surface area (Å²) in [6, 6.07) is 4.51. The maximum Gasteiger partial charge on any atom is 0.232 e. The lowest BCUT2D eigenvalue weighted by molar-refractivity contribution is -0.116. The molecule has 0 saturated heterocycles. The molecule has 0 fully saturated rings. The molecular weight excluding hydrogens is 282 g/mol. The van der Waals surface area contributed by atoms with Crippen LogP contribution in [0.4, 0.5) is 4.39 Å². The third-order valence-corrected chi connectivity index (χ3v) is 3.57. The third kappa shape index (κ3) is 2.40. The molecule has 1 nitrogen and oxygen atoms in total. The Kier molecular flexibility index (Phi) is 3.90. The molecule has 0 aliphatic heterocycles. The van der Waals surface area contributed by atoms with Gasteiger partial charge >= 0.3 is 0 Å². The van der Waals surface area contributed by atoms with Gasteiger partial charge in [-0.25, -0.2) is 4.39 Å². The van der Waals surface area contributed by atoms with Crippen LogP contribution in [0, 0.1) is 5.82 Å². The molecule has 0 aliphatic carbocycles. The molecule has 1 unspecified atom stereocenters. The highest BCUT2D eigenvalue weighted by atomic mass is 79.9. The van der Waals surface area contributed by atoms with E-state index >= 15 is 0 Å². The molecule has 0 N–H and O–H groups in total. The summed E-state index contributed by atoms with van der Waals surface area (Å²) in [4.78, 5) is 11.3. The zero-order valence-corrected chi connectivity index (χ0v) is 10.8. The normalized spacial score (nSPS) is 14.7. The van der Waals surface area contributed by atoms with Crippen LogP contribution >= 0.6 is 27.5 Å². The molecule has 1 atom stereocenters. The molecule has 1 aromatic rings. The minimum atomic E-state index is -0.963. The van der Waals surface area contributed by atoms with E-state index in [0.29, 0.717) is 12.0 Å². The topological polar surface area (TPSA) is 17.1 Å². The summed E-state index contributed by atoms with van der Waals surface area (Å²) in [5.74, 6) is -0.406. The van der Waals surface area contributed by atoms with Crippen molar-refractivity contribution < 1.29 is 9.18 Å². The highest BCUT2D eigenvalue weighted by Crippen LogP contribution is 2.33. The van der Waals surface area contributed by atoms with E-state index in [-0.39, 0.29) is 0 Å². The van der Waals surface area contributed by atoms with Crippen molar-refractivity contribution in [3.63, 3.8) is 0 Å². The monoisotopic (exact) mass is 292 g/mol. The number of rotatable bonds is 3. The Bertz CT molecular complexity index is 394. The third-order valence-electron chi connectivity index (χ3n) is 2.66. The van der Waals surface area contributed by atoms with Crippen LogP contribution in [0.5, 0.6) is 0 Å². The predicted molar refractivity (Wildman–Crippen MR) is 62.6 cm³/mol. The Morgan fingerprint density at radius 3 is 2.67 bits per heavy atom. The fraction of sp³-hybridized carbons (Fsp3) is 0.364. The van der Waals surface area contributed by atoms with Gasteiger partial charge in [0.25, 0.3) is 0 Å². The van der Waals surface area contributed by atoms with Crippen molar-refractivity contribution in [3.8, 4) is 0 Å². The minimum absolute atomic E-state index is 0.333. The van der Waals surface area contributed by atoms with E-state index in [4.69, 9.17) is 11.6 Å². The SMILES string of the molecule is CCC(C)(C(=O)Cl)c1cc(Br)ccc1F. The smallest absolute Gasteiger partial charge is 0.232 e. The summed E-state index contributed by atoms with van der Waals surface area (Å²) in [5, 5.41) is -0.540. The first-order valence-electron chi connectivity index (χ1n) is 4.57. The average molecular weight is 294 g/mol. The lowest BCUT2D eigenvalue weighted by Gasteiger charge is -2.24.